The molecule has 23 heavy (non-hydrogen) atoms. The van der Waals surface area contributed by atoms with Crippen molar-refractivity contribution in [3.05, 3.63) is 29.8 Å². The van der Waals surface area contributed by atoms with E-state index in [2.05, 4.69) is 20.3 Å². The molecule has 0 aromatic carbocycles. The molecule has 2 aromatic rings. The minimum atomic E-state index is -0.384. The highest BCUT2D eigenvalue weighted by Crippen LogP contribution is 2.30. The standard InChI is InChI=1S/C14H13N5O4/c1-21-12-8(6-16-14(19-12)22-2)10-4-3-7(23-10)5-9-11(20)18-13(15)17-9/h3-6H,1-2H3,(H3,15,17,18,20)/b9-5+. The van der Waals surface area contributed by atoms with Crippen molar-refractivity contribution in [3.8, 4) is 23.2 Å². The molecule has 0 spiro atoms. The van der Waals surface area contributed by atoms with Gasteiger partial charge in [-0.2, -0.15) is 4.98 Å². The van der Waals surface area contributed by atoms with Crippen molar-refractivity contribution < 1.29 is 18.7 Å². The Hall–Kier alpha value is -3.36. The first-order valence-electron chi connectivity index (χ1n) is 6.53. The second-order valence-corrected chi connectivity index (χ2v) is 4.46. The summed E-state index contributed by atoms with van der Waals surface area (Å²) in [6.07, 6.45) is 3.01. The molecule has 0 saturated carbocycles. The zero-order valence-corrected chi connectivity index (χ0v) is 12.4. The molecule has 1 amide bonds. The van der Waals surface area contributed by atoms with Crippen LogP contribution in [0.15, 0.2) is 33.4 Å². The van der Waals surface area contributed by atoms with Crippen LogP contribution in [0.5, 0.6) is 11.9 Å². The van der Waals surface area contributed by atoms with Gasteiger partial charge in [0.05, 0.1) is 19.8 Å². The highest BCUT2D eigenvalue weighted by Gasteiger charge is 2.19. The van der Waals surface area contributed by atoms with Crippen molar-refractivity contribution in [1.82, 2.24) is 15.3 Å². The first-order valence-corrected chi connectivity index (χ1v) is 6.53. The van der Waals surface area contributed by atoms with E-state index in [1.807, 2.05) is 0 Å². The predicted molar refractivity (Wildman–Crippen MR) is 80.6 cm³/mol. The zero-order valence-electron chi connectivity index (χ0n) is 12.4. The Kier molecular flexibility index (Phi) is 3.67. The third-order valence-corrected chi connectivity index (χ3v) is 2.99. The molecule has 0 unspecified atom stereocenters. The third kappa shape index (κ3) is 2.84. The number of aromatic nitrogens is 2. The summed E-state index contributed by atoms with van der Waals surface area (Å²) in [6, 6.07) is 3.58. The number of furan rings is 1. The lowest BCUT2D eigenvalue weighted by Crippen LogP contribution is -2.30. The molecule has 0 radical (unpaired) electrons. The summed E-state index contributed by atoms with van der Waals surface area (Å²) in [5.41, 5.74) is 6.15. The molecule has 0 fully saturated rings. The molecule has 2 aromatic heterocycles. The Labute approximate surface area is 130 Å². The van der Waals surface area contributed by atoms with Gasteiger partial charge in [0.15, 0.2) is 0 Å². The van der Waals surface area contributed by atoms with Gasteiger partial charge >= 0.3 is 6.01 Å². The van der Waals surface area contributed by atoms with Crippen LogP contribution < -0.4 is 20.5 Å². The van der Waals surface area contributed by atoms with Crippen molar-refractivity contribution in [2.75, 3.05) is 14.2 Å². The van der Waals surface area contributed by atoms with Gasteiger partial charge in [-0.15, -0.1) is 0 Å². The summed E-state index contributed by atoms with van der Waals surface area (Å²) >= 11 is 0. The lowest BCUT2D eigenvalue weighted by atomic mass is 10.2. The molecule has 3 N–H and O–H groups in total. The number of nitrogens with zero attached hydrogens (tertiary/aromatic N) is 3. The number of nitrogens with one attached hydrogen (secondary N) is 1. The number of carbonyl (C=O) groups excluding carboxylic acids is 1. The summed E-state index contributed by atoms with van der Waals surface area (Å²) in [5, 5.41) is 2.38. The molecular formula is C14H13N5O4. The molecular weight excluding hydrogens is 302 g/mol. The first-order chi connectivity index (χ1) is 11.1. The Morgan fingerprint density at radius 3 is 2.78 bits per heavy atom. The van der Waals surface area contributed by atoms with E-state index in [0.29, 0.717) is 23.0 Å². The Morgan fingerprint density at radius 2 is 2.13 bits per heavy atom. The number of ether oxygens (including phenoxy) is 2. The van der Waals surface area contributed by atoms with Gasteiger partial charge in [-0.1, -0.05) is 0 Å². The SMILES string of the molecule is COc1ncc(-c2ccc(/C=C3/N=C(N)NC3=O)o2)c(OC)n1. The molecule has 9 nitrogen and oxygen atoms in total. The molecule has 9 heteroatoms. The normalized spacial score (nSPS) is 15.5. The smallest absolute Gasteiger partial charge is 0.319 e. The van der Waals surface area contributed by atoms with Crippen molar-refractivity contribution in [2.24, 2.45) is 10.7 Å². The number of rotatable bonds is 4. The van der Waals surface area contributed by atoms with Crippen molar-refractivity contribution in [1.29, 1.82) is 0 Å². The van der Waals surface area contributed by atoms with Gasteiger partial charge < -0.3 is 19.6 Å². The Morgan fingerprint density at radius 1 is 1.30 bits per heavy atom. The van der Waals surface area contributed by atoms with Crippen LogP contribution >= 0.6 is 0 Å². The van der Waals surface area contributed by atoms with Gasteiger partial charge in [-0.3, -0.25) is 10.1 Å². The fourth-order valence-electron chi connectivity index (χ4n) is 1.97. The Balaban J connectivity index is 1.94. The highest BCUT2D eigenvalue weighted by atomic mass is 16.5. The molecule has 0 saturated heterocycles. The van der Waals surface area contributed by atoms with E-state index in [1.165, 1.54) is 26.5 Å². The molecule has 3 rings (SSSR count). The number of guanidine groups is 1. The molecule has 0 bridgehead atoms. The van der Waals surface area contributed by atoms with Crippen LogP contribution in [0.4, 0.5) is 0 Å². The largest absolute Gasteiger partial charge is 0.480 e. The number of aliphatic imine (C=N–C) groups is 1. The summed E-state index contributed by atoms with van der Waals surface area (Å²) in [7, 11) is 2.95. The molecule has 0 aliphatic carbocycles. The van der Waals surface area contributed by atoms with E-state index in [4.69, 9.17) is 19.6 Å². The van der Waals surface area contributed by atoms with E-state index in [9.17, 15) is 4.79 Å². The molecule has 1 aliphatic rings. The summed E-state index contributed by atoms with van der Waals surface area (Å²) in [6.45, 7) is 0. The highest BCUT2D eigenvalue weighted by molar-refractivity contribution is 6.13. The van der Waals surface area contributed by atoms with Crippen LogP contribution in [0.1, 0.15) is 5.76 Å². The van der Waals surface area contributed by atoms with Gasteiger partial charge in [-0.25, -0.2) is 9.98 Å². The monoisotopic (exact) mass is 315 g/mol. The number of hydrogen-bond acceptors (Lipinski definition) is 8. The van der Waals surface area contributed by atoms with Gasteiger partial charge in [0.2, 0.25) is 11.8 Å². The average Bonchev–Trinajstić information content (AvgIpc) is 3.13. The summed E-state index contributed by atoms with van der Waals surface area (Å²) < 4.78 is 15.8. The molecule has 0 atom stereocenters. The minimum absolute atomic E-state index is 0.0539. The first kappa shape index (κ1) is 14.6. The van der Waals surface area contributed by atoms with E-state index in [0.717, 1.165) is 0 Å². The number of hydrogen-bond donors (Lipinski definition) is 2. The maximum atomic E-state index is 11.6. The maximum Gasteiger partial charge on any atom is 0.319 e. The molecule has 1 aliphatic heterocycles. The zero-order chi connectivity index (χ0) is 16.4. The number of methoxy groups -OCH3 is 2. The number of carbonyl (C=O) groups is 1. The van der Waals surface area contributed by atoms with Crippen molar-refractivity contribution in [2.45, 2.75) is 0 Å². The van der Waals surface area contributed by atoms with E-state index in [-0.39, 0.29) is 23.6 Å². The van der Waals surface area contributed by atoms with Crippen molar-refractivity contribution >= 4 is 17.9 Å². The number of amides is 1. The lowest BCUT2D eigenvalue weighted by Gasteiger charge is -2.05. The van der Waals surface area contributed by atoms with Gasteiger partial charge in [0.1, 0.15) is 17.2 Å². The predicted octanol–water partition coefficient (Wildman–Crippen LogP) is 0.539. The van der Waals surface area contributed by atoms with Crippen LogP contribution in [0.2, 0.25) is 0 Å². The van der Waals surface area contributed by atoms with Gasteiger partial charge in [0.25, 0.3) is 5.91 Å². The van der Waals surface area contributed by atoms with E-state index in [1.54, 1.807) is 12.1 Å². The average molecular weight is 315 g/mol. The van der Waals surface area contributed by atoms with Crippen LogP contribution in [0.3, 0.4) is 0 Å². The quantitative estimate of drug-likeness (QED) is 0.789. The second-order valence-electron chi connectivity index (χ2n) is 4.46. The maximum absolute atomic E-state index is 11.6. The Bertz CT molecular complexity index is 824. The topological polar surface area (TPSA) is 125 Å². The fourth-order valence-corrected chi connectivity index (χ4v) is 1.97. The van der Waals surface area contributed by atoms with Gasteiger partial charge in [0, 0.05) is 12.3 Å². The lowest BCUT2D eigenvalue weighted by molar-refractivity contribution is -0.115. The van der Waals surface area contributed by atoms with Crippen LogP contribution in [0, 0.1) is 0 Å². The van der Waals surface area contributed by atoms with Crippen LogP contribution in [-0.4, -0.2) is 36.1 Å². The van der Waals surface area contributed by atoms with Crippen LogP contribution in [-0.2, 0) is 4.79 Å². The van der Waals surface area contributed by atoms with E-state index >= 15 is 0 Å². The van der Waals surface area contributed by atoms with E-state index < -0.39 is 0 Å². The molecule has 118 valence electrons. The van der Waals surface area contributed by atoms with Gasteiger partial charge in [-0.05, 0) is 12.1 Å². The second kappa shape index (κ2) is 5.79. The van der Waals surface area contributed by atoms with Crippen LogP contribution in [0.25, 0.3) is 17.4 Å². The number of nitrogens with two attached hydrogens (primary N) is 1. The third-order valence-electron chi connectivity index (χ3n) is 2.99. The minimum Gasteiger partial charge on any atom is -0.480 e. The summed E-state index contributed by atoms with van der Waals surface area (Å²) in [5.74, 6) is 0.892. The fraction of sp³-hybridized carbons (Fsp3) is 0.143. The van der Waals surface area contributed by atoms with Crippen molar-refractivity contribution in [3.63, 3.8) is 0 Å². The summed E-state index contributed by atoms with van der Waals surface area (Å²) in [4.78, 5) is 23.6. The molecule has 3 heterocycles.